The molecule has 0 amide bonds. The molecule has 23 heavy (non-hydrogen) atoms. The van der Waals surface area contributed by atoms with Gasteiger partial charge >= 0.3 is 5.97 Å². The fourth-order valence-corrected chi connectivity index (χ4v) is 2.98. The van der Waals surface area contributed by atoms with Crippen LogP contribution in [0.1, 0.15) is 26.7 Å². The highest BCUT2D eigenvalue weighted by Crippen LogP contribution is 2.18. The van der Waals surface area contributed by atoms with Gasteiger partial charge in [0, 0.05) is 31.1 Å². The zero-order valence-electron chi connectivity index (χ0n) is 14.3. The van der Waals surface area contributed by atoms with E-state index in [2.05, 4.69) is 28.7 Å². The molecular formula is C16H30IN3O2S. The first-order valence-electron chi connectivity index (χ1n) is 8.11. The average molecular weight is 455 g/mol. The van der Waals surface area contributed by atoms with Crippen molar-refractivity contribution in [2.45, 2.75) is 26.7 Å². The monoisotopic (exact) mass is 455 g/mol. The van der Waals surface area contributed by atoms with E-state index < -0.39 is 0 Å². The minimum absolute atomic E-state index is 0. The Bertz CT molecular complexity index is 380. The number of nitrogens with zero attached hydrogens (tertiary/aromatic N) is 2. The number of hydrogen-bond acceptors (Lipinski definition) is 4. The lowest BCUT2D eigenvalue weighted by molar-refractivity contribution is -0.149. The van der Waals surface area contributed by atoms with Gasteiger partial charge in [0.2, 0.25) is 0 Å². The second kappa shape index (κ2) is 13.9. The summed E-state index contributed by atoms with van der Waals surface area (Å²) < 4.78 is 5.16. The van der Waals surface area contributed by atoms with Crippen molar-refractivity contribution >= 4 is 47.7 Å². The maximum Gasteiger partial charge on any atom is 0.310 e. The number of halogens is 1. The molecule has 1 aliphatic heterocycles. The number of nitrogens with one attached hydrogen (secondary N) is 1. The first-order chi connectivity index (χ1) is 10.7. The van der Waals surface area contributed by atoms with Crippen LogP contribution in [-0.2, 0) is 9.53 Å². The lowest BCUT2D eigenvalue weighted by Crippen LogP contribution is -2.48. The molecule has 0 radical (unpaired) electrons. The summed E-state index contributed by atoms with van der Waals surface area (Å²) >= 11 is 1.83. The van der Waals surface area contributed by atoms with Gasteiger partial charge in [0.15, 0.2) is 5.96 Å². The zero-order chi connectivity index (χ0) is 16.2. The molecule has 1 saturated heterocycles. The Hall–Kier alpha value is -0.440. The lowest BCUT2D eigenvalue weighted by atomic mass is 9.98. The summed E-state index contributed by atoms with van der Waals surface area (Å²) in [5.74, 6) is 2.74. The van der Waals surface area contributed by atoms with E-state index in [-0.39, 0.29) is 35.9 Å². The second-order valence-corrected chi connectivity index (χ2v) is 6.29. The van der Waals surface area contributed by atoms with Crippen molar-refractivity contribution < 1.29 is 9.53 Å². The zero-order valence-corrected chi connectivity index (χ0v) is 17.4. The van der Waals surface area contributed by atoms with E-state index >= 15 is 0 Å². The number of thioether (sulfide) groups is 1. The third-order valence-corrected chi connectivity index (χ3v) is 4.35. The maximum atomic E-state index is 11.9. The van der Waals surface area contributed by atoms with Crippen molar-refractivity contribution in [1.82, 2.24) is 10.2 Å². The van der Waals surface area contributed by atoms with Crippen LogP contribution in [0, 0.1) is 5.92 Å². The molecule has 0 aromatic carbocycles. The molecule has 5 nitrogen and oxygen atoms in total. The largest absolute Gasteiger partial charge is 0.466 e. The van der Waals surface area contributed by atoms with Crippen molar-refractivity contribution in [2.24, 2.45) is 10.9 Å². The van der Waals surface area contributed by atoms with Gasteiger partial charge in [-0.3, -0.25) is 9.79 Å². The Morgan fingerprint density at radius 3 is 2.96 bits per heavy atom. The Kier molecular flexibility index (Phi) is 13.7. The van der Waals surface area contributed by atoms with E-state index in [0.29, 0.717) is 13.2 Å². The van der Waals surface area contributed by atoms with Gasteiger partial charge < -0.3 is 15.0 Å². The van der Waals surface area contributed by atoms with Crippen molar-refractivity contribution in [2.75, 3.05) is 44.3 Å². The van der Waals surface area contributed by atoms with Gasteiger partial charge in [0.25, 0.3) is 0 Å². The average Bonchev–Trinajstić information content (AvgIpc) is 2.54. The lowest BCUT2D eigenvalue weighted by Gasteiger charge is -2.34. The first kappa shape index (κ1) is 22.6. The fourth-order valence-electron chi connectivity index (χ4n) is 2.43. The molecule has 1 heterocycles. The predicted octanol–water partition coefficient (Wildman–Crippen LogP) is 2.76. The molecule has 0 unspecified atom stereocenters. The standard InChI is InChI=1S/C16H29N3O2S.HI/c1-4-11-22-12-9-18-16(17-5-2)19-10-7-8-14(13-19)15(20)21-6-3;/h4,14H,1,5-13H2,2-3H3,(H,17,18);1H/t14-;/m0./s1. The third-order valence-electron chi connectivity index (χ3n) is 3.41. The van der Waals surface area contributed by atoms with Crippen LogP contribution in [0.5, 0.6) is 0 Å². The van der Waals surface area contributed by atoms with Crippen molar-refractivity contribution in [1.29, 1.82) is 0 Å². The van der Waals surface area contributed by atoms with Crippen LogP contribution in [0.3, 0.4) is 0 Å². The summed E-state index contributed by atoms with van der Waals surface area (Å²) in [6.07, 6.45) is 3.82. The van der Waals surface area contributed by atoms with Gasteiger partial charge in [-0.1, -0.05) is 6.08 Å². The van der Waals surface area contributed by atoms with Crippen molar-refractivity contribution in [3.8, 4) is 0 Å². The maximum absolute atomic E-state index is 11.9. The van der Waals surface area contributed by atoms with E-state index in [1.54, 1.807) is 0 Å². The van der Waals surface area contributed by atoms with Crippen molar-refractivity contribution in [3.05, 3.63) is 12.7 Å². The Morgan fingerprint density at radius 1 is 1.52 bits per heavy atom. The molecule has 0 spiro atoms. The summed E-state index contributed by atoms with van der Waals surface area (Å²) in [5, 5.41) is 3.33. The van der Waals surface area contributed by atoms with Crippen LogP contribution in [0.2, 0.25) is 0 Å². The molecule has 1 atom stereocenters. The molecule has 0 saturated carbocycles. The summed E-state index contributed by atoms with van der Waals surface area (Å²) in [4.78, 5) is 18.8. The van der Waals surface area contributed by atoms with Gasteiger partial charge in [-0.2, -0.15) is 11.8 Å². The molecule has 7 heteroatoms. The number of esters is 1. The van der Waals surface area contributed by atoms with E-state index in [0.717, 1.165) is 49.9 Å². The van der Waals surface area contributed by atoms with Crippen molar-refractivity contribution in [3.63, 3.8) is 0 Å². The number of guanidine groups is 1. The molecule has 1 rings (SSSR count). The number of aliphatic imine (C=N–C) groups is 1. The highest BCUT2D eigenvalue weighted by atomic mass is 127. The van der Waals surface area contributed by atoms with Gasteiger partial charge in [-0.15, -0.1) is 30.6 Å². The van der Waals surface area contributed by atoms with Gasteiger partial charge in [-0.05, 0) is 26.7 Å². The molecule has 0 aromatic rings. The van der Waals surface area contributed by atoms with Crippen LogP contribution in [0.4, 0.5) is 0 Å². The SMILES string of the molecule is C=CCSCCN=C(NCC)N1CCC[C@H](C(=O)OCC)C1.I. The topological polar surface area (TPSA) is 53.9 Å². The molecule has 0 aliphatic carbocycles. The van der Waals surface area contributed by atoms with Crippen LogP contribution in [0.25, 0.3) is 0 Å². The number of hydrogen-bond donors (Lipinski definition) is 1. The highest BCUT2D eigenvalue weighted by molar-refractivity contribution is 14.0. The quantitative estimate of drug-likeness (QED) is 0.152. The highest BCUT2D eigenvalue weighted by Gasteiger charge is 2.28. The fraction of sp³-hybridized carbons (Fsp3) is 0.750. The van der Waals surface area contributed by atoms with E-state index in [9.17, 15) is 4.79 Å². The number of carbonyl (C=O) groups excluding carboxylic acids is 1. The van der Waals surface area contributed by atoms with Gasteiger partial charge in [0.05, 0.1) is 19.1 Å². The van der Waals surface area contributed by atoms with Crippen LogP contribution >= 0.6 is 35.7 Å². The van der Waals surface area contributed by atoms with Crippen LogP contribution < -0.4 is 5.32 Å². The first-order valence-corrected chi connectivity index (χ1v) is 9.26. The predicted molar refractivity (Wildman–Crippen MR) is 110 cm³/mol. The normalized spacial score (nSPS) is 18.1. The Labute approximate surface area is 161 Å². The number of rotatable bonds is 8. The van der Waals surface area contributed by atoms with E-state index in [1.807, 2.05) is 24.8 Å². The number of piperidine rings is 1. The van der Waals surface area contributed by atoms with E-state index in [1.165, 1.54) is 0 Å². The summed E-state index contributed by atoms with van der Waals surface area (Å²) in [6, 6.07) is 0. The van der Waals surface area contributed by atoms with Gasteiger partial charge in [0.1, 0.15) is 0 Å². The molecule has 1 aliphatic rings. The molecule has 0 aromatic heterocycles. The number of likely N-dealkylation sites (tertiary alicyclic amines) is 1. The number of carbonyl (C=O) groups is 1. The molecule has 1 N–H and O–H groups in total. The summed E-state index contributed by atoms with van der Waals surface area (Å²) in [6.45, 7) is 11.3. The summed E-state index contributed by atoms with van der Waals surface area (Å²) in [7, 11) is 0. The van der Waals surface area contributed by atoms with Gasteiger partial charge in [-0.25, -0.2) is 0 Å². The minimum atomic E-state index is -0.0791. The smallest absolute Gasteiger partial charge is 0.310 e. The van der Waals surface area contributed by atoms with Crippen LogP contribution in [0.15, 0.2) is 17.6 Å². The molecular weight excluding hydrogens is 425 g/mol. The Morgan fingerprint density at radius 2 is 2.30 bits per heavy atom. The molecule has 0 bridgehead atoms. The Balaban J connectivity index is 0.00000484. The number of ether oxygens (including phenoxy) is 1. The molecule has 1 fully saturated rings. The van der Waals surface area contributed by atoms with E-state index in [4.69, 9.17) is 4.74 Å². The second-order valence-electron chi connectivity index (χ2n) is 5.14. The third kappa shape index (κ3) is 8.83. The summed E-state index contributed by atoms with van der Waals surface area (Å²) in [5.41, 5.74) is 0. The minimum Gasteiger partial charge on any atom is -0.466 e. The molecule has 134 valence electrons. The van der Waals surface area contributed by atoms with Crippen LogP contribution in [-0.4, -0.2) is 61.1 Å².